The molecule has 0 bridgehead atoms. The first-order chi connectivity index (χ1) is 13.2. The van der Waals surface area contributed by atoms with Crippen LogP contribution in [0.5, 0.6) is 0 Å². The summed E-state index contributed by atoms with van der Waals surface area (Å²) in [6, 6.07) is 21.3. The van der Waals surface area contributed by atoms with Crippen LogP contribution in [0.3, 0.4) is 0 Å². The Bertz CT molecular complexity index is 1140. The molecule has 0 fully saturated rings. The van der Waals surface area contributed by atoms with Gasteiger partial charge >= 0.3 is 0 Å². The second-order valence-corrected chi connectivity index (χ2v) is 6.19. The first-order valence-corrected chi connectivity index (χ1v) is 8.65. The third-order valence-electron chi connectivity index (χ3n) is 4.00. The van der Waals surface area contributed by atoms with Crippen molar-refractivity contribution in [2.45, 2.75) is 0 Å². The van der Waals surface area contributed by atoms with Crippen molar-refractivity contribution in [2.24, 2.45) is 5.10 Å². The molecule has 1 heterocycles. The molecule has 0 atom stereocenters. The summed E-state index contributed by atoms with van der Waals surface area (Å²) in [6.07, 6.45) is 1.61. The van der Waals surface area contributed by atoms with Gasteiger partial charge in [-0.1, -0.05) is 54.1 Å². The predicted octanol–water partition coefficient (Wildman–Crippen LogP) is 5.54. The number of fused-ring (bicyclic) bond motifs is 1. The summed E-state index contributed by atoms with van der Waals surface area (Å²) in [5, 5.41) is 5.62. The van der Waals surface area contributed by atoms with E-state index in [-0.39, 0.29) is 5.82 Å². The zero-order valence-corrected chi connectivity index (χ0v) is 14.9. The van der Waals surface area contributed by atoms with Gasteiger partial charge in [0.25, 0.3) is 0 Å². The number of anilines is 1. The molecule has 0 amide bonds. The number of benzene rings is 3. The average molecular weight is 377 g/mol. The second kappa shape index (κ2) is 7.51. The van der Waals surface area contributed by atoms with Gasteiger partial charge in [-0.25, -0.2) is 14.4 Å². The third-order valence-corrected chi connectivity index (χ3v) is 4.34. The number of halogens is 2. The molecule has 0 radical (unpaired) electrons. The lowest BCUT2D eigenvalue weighted by atomic mass is 10.1. The summed E-state index contributed by atoms with van der Waals surface area (Å²) in [4.78, 5) is 8.96. The monoisotopic (exact) mass is 376 g/mol. The van der Waals surface area contributed by atoms with Crippen LogP contribution in [0.15, 0.2) is 77.9 Å². The van der Waals surface area contributed by atoms with Crippen molar-refractivity contribution in [3.63, 3.8) is 0 Å². The molecule has 0 saturated heterocycles. The first kappa shape index (κ1) is 17.1. The fourth-order valence-electron chi connectivity index (χ4n) is 2.67. The highest BCUT2D eigenvalue weighted by Crippen LogP contribution is 2.26. The van der Waals surface area contributed by atoms with Crippen LogP contribution < -0.4 is 5.43 Å². The molecule has 3 aromatic carbocycles. The van der Waals surface area contributed by atoms with Gasteiger partial charge in [0.2, 0.25) is 0 Å². The summed E-state index contributed by atoms with van der Waals surface area (Å²) in [5.41, 5.74) is 4.74. The lowest BCUT2D eigenvalue weighted by molar-refractivity contribution is 0.630. The zero-order valence-electron chi connectivity index (χ0n) is 14.1. The molecule has 4 rings (SSSR count). The molecule has 1 N–H and O–H groups in total. The molecule has 4 aromatic rings. The van der Waals surface area contributed by atoms with E-state index in [9.17, 15) is 4.39 Å². The number of hydrazone groups is 1. The maximum atomic E-state index is 14.2. The van der Waals surface area contributed by atoms with Crippen LogP contribution in [0.1, 0.15) is 5.56 Å². The van der Waals surface area contributed by atoms with Gasteiger partial charge in [0.1, 0.15) is 5.82 Å². The summed E-state index contributed by atoms with van der Waals surface area (Å²) >= 11 is 6.14. The minimum atomic E-state index is -0.377. The standard InChI is InChI=1S/C21H14ClFN4/c22-17-10-4-1-7-14(17)13-24-27-21-16-9-3-6-12-19(16)25-20(26-21)15-8-2-5-11-18(15)23/h1-13H,(H,25,26,27). The van der Waals surface area contributed by atoms with E-state index >= 15 is 0 Å². The van der Waals surface area contributed by atoms with Gasteiger partial charge in [-0.3, -0.25) is 5.43 Å². The Morgan fingerprint density at radius 2 is 1.63 bits per heavy atom. The number of hydrogen-bond acceptors (Lipinski definition) is 4. The van der Waals surface area contributed by atoms with E-state index in [1.165, 1.54) is 6.07 Å². The van der Waals surface area contributed by atoms with Crippen LogP contribution >= 0.6 is 11.6 Å². The number of para-hydroxylation sites is 1. The minimum Gasteiger partial charge on any atom is -0.261 e. The molecule has 0 unspecified atom stereocenters. The topological polar surface area (TPSA) is 50.2 Å². The van der Waals surface area contributed by atoms with E-state index in [1.807, 2.05) is 42.5 Å². The van der Waals surface area contributed by atoms with Crippen LogP contribution in [-0.2, 0) is 0 Å². The number of nitrogens with one attached hydrogen (secondary N) is 1. The minimum absolute atomic E-state index is 0.294. The molecule has 0 saturated carbocycles. The number of nitrogens with zero attached hydrogens (tertiary/aromatic N) is 3. The Morgan fingerprint density at radius 1 is 0.889 bits per heavy atom. The molecule has 0 aliphatic rings. The normalized spacial score (nSPS) is 11.2. The SMILES string of the molecule is Fc1ccccc1-c1nc(NN=Cc2ccccc2Cl)c2ccccc2n1. The van der Waals surface area contributed by atoms with Crippen molar-refractivity contribution >= 4 is 34.5 Å². The maximum absolute atomic E-state index is 14.2. The van der Waals surface area contributed by atoms with E-state index in [2.05, 4.69) is 20.5 Å². The molecular formula is C21H14ClFN4. The first-order valence-electron chi connectivity index (χ1n) is 8.27. The lowest BCUT2D eigenvalue weighted by Crippen LogP contribution is -2.00. The van der Waals surface area contributed by atoms with E-state index in [0.29, 0.717) is 27.7 Å². The average Bonchev–Trinajstić information content (AvgIpc) is 2.69. The number of rotatable bonds is 4. The molecular weight excluding hydrogens is 363 g/mol. The molecule has 0 aliphatic heterocycles. The van der Waals surface area contributed by atoms with Crippen LogP contribution in [0.4, 0.5) is 10.2 Å². The van der Waals surface area contributed by atoms with Gasteiger partial charge in [-0.05, 0) is 30.3 Å². The Hall–Kier alpha value is -3.31. The third kappa shape index (κ3) is 3.64. The van der Waals surface area contributed by atoms with E-state index in [1.54, 1.807) is 30.5 Å². The van der Waals surface area contributed by atoms with Gasteiger partial charge < -0.3 is 0 Å². The zero-order chi connectivity index (χ0) is 18.6. The van der Waals surface area contributed by atoms with Crippen molar-refractivity contribution in [3.05, 3.63) is 89.2 Å². The van der Waals surface area contributed by atoms with Crippen molar-refractivity contribution in [3.8, 4) is 11.4 Å². The van der Waals surface area contributed by atoms with Crippen LogP contribution in [-0.4, -0.2) is 16.2 Å². The second-order valence-electron chi connectivity index (χ2n) is 5.78. The molecule has 27 heavy (non-hydrogen) atoms. The lowest BCUT2D eigenvalue weighted by Gasteiger charge is -2.08. The van der Waals surface area contributed by atoms with E-state index in [4.69, 9.17) is 11.6 Å². The molecule has 0 aliphatic carbocycles. The predicted molar refractivity (Wildman–Crippen MR) is 108 cm³/mol. The van der Waals surface area contributed by atoms with Crippen molar-refractivity contribution in [1.29, 1.82) is 0 Å². The van der Waals surface area contributed by atoms with E-state index in [0.717, 1.165) is 10.9 Å². The maximum Gasteiger partial charge on any atom is 0.165 e. The van der Waals surface area contributed by atoms with Crippen LogP contribution in [0.2, 0.25) is 5.02 Å². The summed E-state index contributed by atoms with van der Waals surface area (Å²) in [6.45, 7) is 0. The Balaban J connectivity index is 1.75. The molecule has 132 valence electrons. The van der Waals surface area contributed by atoms with Gasteiger partial charge in [0, 0.05) is 16.0 Å². The fraction of sp³-hybridized carbons (Fsp3) is 0. The molecule has 0 spiro atoms. The van der Waals surface area contributed by atoms with Crippen molar-refractivity contribution in [2.75, 3.05) is 5.43 Å². The van der Waals surface area contributed by atoms with Gasteiger partial charge in [0.05, 0.1) is 17.3 Å². The van der Waals surface area contributed by atoms with Gasteiger partial charge in [0.15, 0.2) is 11.6 Å². The van der Waals surface area contributed by atoms with E-state index < -0.39 is 0 Å². The van der Waals surface area contributed by atoms with Crippen LogP contribution in [0.25, 0.3) is 22.3 Å². The largest absolute Gasteiger partial charge is 0.261 e. The van der Waals surface area contributed by atoms with Crippen LogP contribution in [0, 0.1) is 5.82 Å². The highest BCUT2D eigenvalue weighted by molar-refractivity contribution is 6.33. The van der Waals surface area contributed by atoms with Gasteiger partial charge in [-0.15, -0.1) is 0 Å². The number of aromatic nitrogens is 2. The molecule has 4 nitrogen and oxygen atoms in total. The Kier molecular flexibility index (Phi) is 4.77. The summed E-state index contributed by atoms with van der Waals surface area (Å²) in [5.74, 6) is 0.405. The van der Waals surface area contributed by atoms with Gasteiger partial charge in [-0.2, -0.15) is 5.10 Å². The smallest absolute Gasteiger partial charge is 0.165 e. The Morgan fingerprint density at radius 3 is 2.48 bits per heavy atom. The highest BCUT2D eigenvalue weighted by Gasteiger charge is 2.12. The quantitative estimate of drug-likeness (QED) is 0.376. The number of hydrogen-bond donors (Lipinski definition) is 1. The highest BCUT2D eigenvalue weighted by atomic mass is 35.5. The van der Waals surface area contributed by atoms with Crippen molar-refractivity contribution < 1.29 is 4.39 Å². The molecule has 6 heteroatoms. The fourth-order valence-corrected chi connectivity index (χ4v) is 2.85. The Labute approximate surface area is 160 Å². The molecule has 1 aromatic heterocycles. The summed E-state index contributed by atoms with van der Waals surface area (Å²) < 4.78 is 14.2. The summed E-state index contributed by atoms with van der Waals surface area (Å²) in [7, 11) is 0. The van der Waals surface area contributed by atoms with Crippen molar-refractivity contribution in [1.82, 2.24) is 9.97 Å².